The molecule has 0 unspecified atom stereocenters. The van der Waals surface area contributed by atoms with E-state index in [9.17, 15) is 4.79 Å². The monoisotopic (exact) mass is 442 g/mol. The van der Waals surface area contributed by atoms with Crippen molar-refractivity contribution in [2.45, 2.75) is 20.0 Å². The Morgan fingerprint density at radius 3 is 2.67 bits per heavy atom. The third-order valence-electron chi connectivity index (χ3n) is 6.06. The third kappa shape index (κ3) is 3.81. The zero-order valence-electron chi connectivity index (χ0n) is 18.8. The largest absolute Gasteiger partial charge is 0.496 e. The Hall–Kier alpha value is -3.83. The van der Waals surface area contributed by atoms with Crippen molar-refractivity contribution in [2.75, 3.05) is 38.2 Å². The number of anilines is 1. The van der Waals surface area contributed by atoms with E-state index in [1.54, 1.807) is 20.2 Å². The number of imidazole rings is 1. The molecule has 1 aliphatic heterocycles. The standard InChI is InChI=1S/C25H26N6O2/c1-3-4-13-30-23-21(28-25(30)29-14-11-26-12-15-29)16-27-31(24(23)32)17-18-9-10-22(33-2)20-8-6-5-7-19(18)20/h5-10,16,26H,11-15,17H2,1-2H3. The van der Waals surface area contributed by atoms with E-state index in [0.717, 1.165) is 54.2 Å². The number of methoxy groups -OCH3 is 1. The lowest BCUT2D eigenvalue weighted by atomic mass is 10.0. The van der Waals surface area contributed by atoms with Crippen LogP contribution in [0.25, 0.3) is 21.8 Å². The maximum absolute atomic E-state index is 13.6. The number of hydrogen-bond donors (Lipinski definition) is 1. The van der Waals surface area contributed by atoms with E-state index in [1.807, 2.05) is 41.0 Å². The van der Waals surface area contributed by atoms with Gasteiger partial charge in [-0.15, -0.1) is 5.92 Å². The highest BCUT2D eigenvalue weighted by Crippen LogP contribution is 2.28. The first-order valence-electron chi connectivity index (χ1n) is 11.1. The molecule has 33 heavy (non-hydrogen) atoms. The first kappa shape index (κ1) is 21.0. The maximum Gasteiger partial charge on any atom is 0.293 e. The first-order valence-corrected chi connectivity index (χ1v) is 11.1. The summed E-state index contributed by atoms with van der Waals surface area (Å²) in [6.45, 7) is 6.01. The number of piperazine rings is 1. The number of aromatic nitrogens is 4. The van der Waals surface area contributed by atoms with Gasteiger partial charge in [-0.3, -0.25) is 9.36 Å². The molecule has 1 aliphatic rings. The zero-order chi connectivity index (χ0) is 22.8. The Kier molecular flexibility index (Phi) is 5.71. The van der Waals surface area contributed by atoms with Crippen LogP contribution in [0, 0.1) is 11.8 Å². The van der Waals surface area contributed by atoms with Crippen molar-refractivity contribution in [3.63, 3.8) is 0 Å². The molecule has 8 heteroatoms. The highest BCUT2D eigenvalue weighted by molar-refractivity contribution is 5.91. The summed E-state index contributed by atoms with van der Waals surface area (Å²) in [5.74, 6) is 7.63. The Morgan fingerprint density at radius 1 is 1.12 bits per heavy atom. The topological polar surface area (TPSA) is 77.2 Å². The predicted octanol–water partition coefficient (Wildman–Crippen LogP) is 2.24. The number of fused-ring (bicyclic) bond motifs is 2. The lowest BCUT2D eigenvalue weighted by molar-refractivity contribution is 0.419. The summed E-state index contributed by atoms with van der Waals surface area (Å²) in [6.07, 6.45) is 1.68. The molecule has 0 aliphatic carbocycles. The summed E-state index contributed by atoms with van der Waals surface area (Å²) in [4.78, 5) is 20.6. The maximum atomic E-state index is 13.6. The molecule has 1 N–H and O–H groups in total. The van der Waals surface area contributed by atoms with E-state index in [4.69, 9.17) is 9.72 Å². The van der Waals surface area contributed by atoms with Crippen molar-refractivity contribution in [1.82, 2.24) is 24.6 Å². The van der Waals surface area contributed by atoms with Gasteiger partial charge in [-0.1, -0.05) is 36.3 Å². The molecule has 0 radical (unpaired) electrons. The second-order valence-electron chi connectivity index (χ2n) is 7.98. The molecule has 168 valence electrons. The van der Waals surface area contributed by atoms with Gasteiger partial charge in [-0.05, 0) is 23.9 Å². The van der Waals surface area contributed by atoms with Crippen LogP contribution in [-0.2, 0) is 13.1 Å². The average Bonchev–Trinajstić information content (AvgIpc) is 3.24. The quantitative estimate of drug-likeness (QED) is 0.478. The molecule has 0 saturated carbocycles. The van der Waals surface area contributed by atoms with Crippen molar-refractivity contribution in [2.24, 2.45) is 0 Å². The summed E-state index contributed by atoms with van der Waals surface area (Å²) in [5, 5.41) is 9.87. The van der Waals surface area contributed by atoms with Gasteiger partial charge >= 0.3 is 0 Å². The van der Waals surface area contributed by atoms with E-state index in [2.05, 4.69) is 27.2 Å². The number of ether oxygens (including phenoxy) is 1. The molecule has 0 spiro atoms. The van der Waals surface area contributed by atoms with Gasteiger partial charge in [-0.25, -0.2) is 9.67 Å². The minimum atomic E-state index is -0.167. The van der Waals surface area contributed by atoms with Crippen molar-refractivity contribution in [3.05, 3.63) is 58.5 Å². The lowest BCUT2D eigenvalue weighted by Gasteiger charge is -2.28. The van der Waals surface area contributed by atoms with Crippen LogP contribution in [0.15, 0.2) is 47.4 Å². The minimum Gasteiger partial charge on any atom is -0.496 e. The van der Waals surface area contributed by atoms with Crippen LogP contribution in [0.3, 0.4) is 0 Å². The molecular weight excluding hydrogens is 416 g/mol. The van der Waals surface area contributed by atoms with E-state index >= 15 is 0 Å². The normalized spacial score (nSPS) is 13.8. The van der Waals surface area contributed by atoms with E-state index in [0.29, 0.717) is 24.1 Å². The number of nitrogens with zero attached hydrogens (tertiary/aromatic N) is 5. The minimum absolute atomic E-state index is 0.167. The van der Waals surface area contributed by atoms with Gasteiger partial charge in [0, 0.05) is 31.6 Å². The van der Waals surface area contributed by atoms with Crippen molar-refractivity contribution >= 4 is 27.8 Å². The van der Waals surface area contributed by atoms with Crippen LogP contribution in [0.5, 0.6) is 5.75 Å². The van der Waals surface area contributed by atoms with Gasteiger partial charge in [-0.2, -0.15) is 5.10 Å². The van der Waals surface area contributed by atoms with Crippen LogP contribution in [0.1, 0.15) is 12.5 Å². The van der Waals surface area contributed by atoms with Crippen molar-refractivity contribution in [3.8, 4) is 17.6 Å². The summed E-state index contributed by atoms with van der Waals surface area (Å²) in [6, 6.07) is 12.0. The van der Waals surface area contributed by atoms with Crippen molar-refractivity contribution < 1.29 is 4.74 Å². The van der Waals surface area contributed by atoms with Crippen LogP contribution in [-0.4, -0.2) is 52.6 Å². The first-order chi connectivity index (χ1) is 16.2. The summed E-state index contributed by atoms with van der Waals surface area (Å²) >= 11 is 0. The van der Waals surface area contributed by atoms with Gasteiger partial charge in [0.25, 0.3) is 5.56 Å². The molecule has 1 saturated heterocycles. The number of benzene rings is 2. The van der Waals surface area contributed by atoms with E-state index in [-0.39, 0.29) is 5.56 Å². The highest BCUT2D eigenvalue weighted by Gasteiger charge is 2.21. The summed E-state index contributed by atoms with van der Waals surface area (Å²) in [5.41, 5.74) is 1.97. The van der Waals surface area contributed by atoms with Gasteiger partial charge < -0.3 is 15.0 Å². The smallest absolute Gasteiger partial charge is 0.293 e. The Balaban J connectivity index is 1.62. The Morgan fingerprint density at radius 2 is 1.91 bits per heavy atom. The van der Waals surface area contributed by atoms with E-state index in [1.165, 1.54) is 4.68 Å². The third-order valence-corrected chi connectivity index (χ3v) is 6.06. The Labute approximate surface area is 191 Å². The predicted molar refractivity (Wildman–Crippen MR) is 130 cm³/mol. The van der Waals surface area contributed by atoms with Gasteiger partial charge in [0.15, 0.2) is 0 Å². The highest BCUT2D eigenvalue weighted by atomic mass is 16.5. The summed E-state index contributed by atoms with van der Waals surface area (Å²) in [7, 11) is 1.66. The molecule has 4 aromatic rings. The average molecular weight is 443 g/mol. The fourth-order valence-corrected chi connectivity index (χ4v) is 4.41. The molecular formula is C25H26N6O2. The van der Waals surface area contributed by atoms with Gasteiger partial charge in [0.05, 0.1) is 26.4 Å². The molecule has 3 heterocycles. The van der Waals surface area contributed by atoms with E-state index < -0.39 is 0 Å². The van der Waals surface area contributed by atoms with Crippen LogP contribution >= 0.6 is 0 Å². The fourth-order valence-electron chi connectivity index (χ4n) is 4.41. The number of nitrogens with one attached hydrogen (secondary N) is 1. The van der Waals surface area contributed by atoms with Crippen LogP contribution in [0.4, 0.5) is 5.95 Å². The zero-order valence-corrected chi connectivity index (χ0v) is 18.8. The van der Waals surface area contributed by atoms with Crippen LogP contribution in [0.2, 0.25) is 0 Å². The second-order valence-corrected chi connectivity index (χ2v) is 7.98. The molecule has 2 aromatic heterocycles. The fraction of sp³-hybridized carbons (Fsp3) is 0.320. The van der Waals surface area contributed by atoms with Gasteiger partial charge in [0.2, 0.25) is 5.95 Å². The second kappa shape index (κ2) is 8.96. The Bertz CT molecular complexity index is 1440. The molecule has 1 fully saturated rings. The van der Waals surface area contributed by atoms with Crippen LogP contribution < -0.4 is 20.5 Å². The molecule has 5 rings (SSSR count). The molecule has 0 atom stereocenters. The molecule has 2 aromatic carbocycles. The molecule has 0 bridgehead atoms. The van der Waals surface area contributed by atoms with Gasteiger partial charge in [0.1, 0.15) is 16.8 Å². The van der Waals surface area contributed by atoms with Crippen molar-refractivity contribution in [1.29, 1.82) is 0 Å². The molecule has 0 amide bonds. The lowest BCUT2D eigenvalue weighted by Crippen LogP contribution is -2.44. The SMILES string of the molecule is CC#CCn1c(N2CCNCC2)nc2cnn(Cc3ccc(OC)c4ccccc34)c(=O)c21. The summed E-state index contributed by atoms with van der Waals surface area (Å²) < 4.78 is 8.95. The number of rotatable bonds is 5. The molecule has 8 nitrogen and oxygen atoms in total. The number of hydrogen-bond acceptors (Lipinski definition) is 6.